The highest BCUT2D eigenvalue weighted by Crippen LogP contribution is 2.64. The highest BCUT2D eigenvalue weighted by atomic mass is 15.1. The molecule has 0 aliphatic heterocycles. The van der Waals surface area contributed by atoms with Crippen molar-refractivity contribution in [2.45, 2.75) is 136 Å². The van der Waals surface area contributed by atoms with Gasteiger partial charge in [-0.2, -0.15) is 0 Å². The van der Waals surface area contributed by atoms with Crippen LogP contribution in [-0.4, -0.2) is 0 Å². The molecule has 1 nitrogen and oxygen atoms in total. The molecule has 0 saturated heterocycles. The lowest BCUT2D eigenvalue weighted by Gasteiger charge is -2.30. The van der Waals surface area contributed by atoms with Gasteiger partial charge in [-0.05, 0) is 256 Å². The Bertz CT molecular complexity index is 6620. The van der Waals surface area contributed by atoms with Crippen LogP contribution in [0, 0.1) is 34.6 Å². The predicted molar refractivity (Wildman–Crippen MR) is 500 cm³/mol. The molecule has 0 amide bonds. The topological polar surface area (TPSA) is 3.24 Å². The summed E-state index contributed by atoms with van der Waals surface area (Å²) in [6.45, 7) is 34.3. The lowest BCUT2D eigenvalue weighted by molar-refractivity contribution is 0.651. The monoisotopic (exact) mass is 1520 g/mol. The first-order valence-corrected chi connectivity index (χ1v) is 42.4. The average molecular weight is 1520 g/mol. The number of para-hydroxylation sites is 1. The van der Waals surface area contributed by atoms with E-state index >= 15 is 0 Å². The van der Waals surface area contributed by atoms with E-state index in [-0.39, 0.29) is 32.5 Å². The summed E-state index contributed by atoms with van der Waals surface area (Å²) >= 11 is 0. The lowest BCUT2D eigenvalue weighted by atomic mass is 9.70. The zero-order chi connectivity index (χ0) is 81.5. The van der Waals surface area contributed by atoms with E-state index in [4.69, 9.17) is 0 Å². The van der Waals surface area contributed by atoms with Gasteiger partial charge in [-0.15, -0.1) is 0 Å². The van der Waals surface area contributed by atoms with Crippen LogP contribution in [0.3, 0.4) is 0 Å². The molecular weight excluding hydrogens is 1420 g/mol. The van der Waals surface area contributed by atoms with Crippen LogP contribution < -0.4 is 4.90 Å². The second-order valence-electron chi connectivity index (χ2n) is 36.7. The van der Waals surface area contributed by atoms with Gasteiger partial charge in [0, 0.05) is 44.1 Å². The Morgan fingerprint density at radius 3 is 0.822 bits per heavy atom. The van der Waals surface area contributed by atoms with Crippen LogP contribution in [0.1, 0.15) is 175 Å². The van der Waals surface area contributed by atoms with Crippen LogP contribution in [0.4, 0.5) is 17.1 Å². The number of fused-ring (bicyclic) bond motifs is 25. The summed E-state index contributed by atoms with van der Waals surface area (Å²) in [7, 11) is 0. The van der Waals surface area contributed by atoms with Gasteiger partial charge in [-0.25, -0.2) is 0 Å². The third-order valence-corrected chi connectivity index (χ3v) is 27.5. The predicted octanol–water partition coefficient (Wildman–Crippen LogP) is 31.0. The first-order valence-electron chi connectivity index (χ1n) is 42.4. The van der Waals surface area contributed by atoms with Crippen molar-refractivity contribution < 1.29 is 0 Å². The highest BCUT2D eigenvalue weighted by molar-refractivity contribution is 5.96. The van der Waals surface area contributed by atoms with Gasteiger partial charge in [0.25, 0.3) is 0 Å². The SMILES string of the molecule is Cc1ccc(N(c2ccccc2)c2ccc3c(c2)C(C)(C)c2ccccc2-3)cc1.Cc1ccc2c(c1)C(C)(C)c1cc3c(cc1-2)C(C)(C)c1ccccc1-3.Cc1ccc2c(c1)C(C)(C)c1ccc(-c3ccccc3)cc1-2.Cc1ccc2c(c1)C(C)(C)c1ccccc1-2.Cc1ccc2c(c1)C1(c3ccccc3-c3ccccc31)c1ccccc1-2. The van der Waals surface area contributed by atoms with Crippen molar-refractivity contribution in [2.24, 2.45) is 0 Å². The summed E-state index contributed by atoms with van der Waals surface area (Å²) in [4.78, 5) is 2.35. The van der Waals surface area contributed by atoms with Crippen molar-refractivity contribution in [1.29, 1.82) is 0 Å². The molecule has 0 fully saturated rings. The van der Waals surface area contributed by atoms with Gasteiger partial charge in [0.05, 0.1) is 5.41 Å². The normalized spacial score (nSPS) is 15.1. The maximum Gasteiger partial charge on any atom is 0.0725 e. The van der Waals surface area contributed by atoms with Crippen LogP contribution in [0.25, 0.3) is 89.0 Å². The minimum atomic E-state index is -0.189. The summed E-state index contributed by atoms with van der Waals surface area (Å²) in [5.41, 5.74) is 52.5. The number of aryl methyl sites for hydroxylation is 5. The zero-order valence-electron chi connectivity index (χ0n) is 70.9. The van der Waals surface area contributed by atoms with Gasteiger partial charge in [-0.1, -0.05) is 394 Å². The van der Waals surface area contributed by atoms with Crippen LogP contribution in [0.2, 0.25) is 0 Å². The lowest BCUT2D eigenvalue weighted by Crippen LogP contribution is -2.25. The van der Waals surface area contributed by atoms with E-state index in [2.05, 4.69) is 461 Å². The standard InChI is InChI=1S/C28H25N.C26H18.C25H24.C22H20.C16H16/c1-20-13-15-22(16-14-20)29(21-9-5-4-6-10-21)23-17-18-25-24-11-7-8-12-26(24)28(2,3)27(25)19-23;1-17-14-15-21-20-10-4-7-13-24(20)26(25(21)16-17)22-11-5-2-8-18(22)19-9-3-6-12-23(19)26;1-15-10-11-17-19-14-22-18(13-23(19)25(4,5)21(17)12-15)16-8-6-7-9-20(16)24(22,2)3;1-15-9-11-18-19-14-17(16-7-5-4-6-8-16)10-12-20(19)22(2,3)21(18)13-15;1-11-8-9-13-12-6-4-5-7-14(12)16(2,3)15(13)10-11/h4-19H,1-3H3;2-16H,1H3;6-14H,1-5H3;4-14H,1-3H3;4-10H,1-3H3. The Kier molecular flexibility index (Phi) is 18.1. The maximum absolute atomic E-state index is 2.48. The molecule has 23 rings (SSSR count). The summed E-state index contributed by atoms with van der Waals surface area (Å²) in [5, 5.41) is 0. The number of nitrogens with zero attached hydrogens (tertiary/aromatic N) is 1. The average Bonchev–Trinajstić information content (AvgIpc) is 1.51. The van der Waals surface area contributed by atoms with Gasteiger partial charge in [0.15, 0.2) is 0 Å². The molecule has 118 heavy (non-hydrogen) atoms. The molecule has 576 valence electrons. The molecule has 16 aromatic rings. The largest absolute Gasteiger partial charge is 0.310 e. The van der Waals surface area contributed by atoms with Crippen molar-refractivity contribution in [3.63, 3.8) is 0 Å². The van der Waals surface area contributed by atoms with Crippen LogP contribution in [0.15, 0.2) is 352 Å². The summed E-state index contributed by atoms with van der Waals surface area (Å²) in [6, 6.07) is 130. The molecule has 1 heteroatoms. The van der Waals surface area contributed by atoms with Crippen molar-refractivity contribution in [3.8, 4) is 89.0 Å². The number of hydrogen-bond donors (Lipinski definition) is 0. The molecule has 16 aromatic carbocycles. The number of benzene rings is 16. The third kappa shape index (κ3) is 11.9. The van der Waals surface area contributed by atoms with Crippen molar-refractivity contribution in [1.82, 2.24) is 0 Å². The molecule has 0 unspecified atom stereocenters. The Labute approximate surface area is 700 Å². The molecule has 1 spiro atoms. The fraction of sp³-hybridized carbons (Fsp3) is 0.179. The molecule has 0 bridgehead atoms. The smallest absolute Gasteiger partial charge is 0.0725 e. The van der Waals surface area contributed by atoms with Gasteiger partial charge < -0.3 is 4.90 Å². The summed E-state index contributed by atoms with van der Waals surface area (Å²) in [6.07, 6.45) is 0. The van der Waals surface area contributed by atoms with Crippen LogP contribution in [-0.2, 0) is 32.5 Å². The van der Waals surface area contributed by atoms with Crippen molar-refractivity contribution in [2.75, 3.05) is 4.90 Å². The van der Waals surface area contributed by atoms with Crippen molar-refractivity contribution in [3.05, 3.63) is 458 Å². The first kappa shape index (κ1) is 75.4. The van der Waals surface area contributed by atoms with Crippen molar-refractivity contribution >= 4 is 17.1 Å². The number of rotatable bonds is 4. The molecular formula is C117H103N. The Morgan fingerprint density at radius 1 is 0.153 bits per heavy atom. The fourth-order valence-corrected chi connectivity index (χ4v) is 21.3. The van der Waals surface area contributed by atoms with Gasteiger partial charge in [0.2, 0.25) is 0 Å². The molecule has 0 heterocycles. The second kappa shape index (κ2) is 28.3. The van der Waals surface area contributed by atoms with Crippen LogP contribution >= 0.6 is 0 Å². The first-order chi connectivity index (χ1) is 56.9. The quantitative estimate of drug-likeness (QED) is 0.170. The molecule has 0 atom stereocenters. The molecule has 7 aliphatic carbocycles. The van der Waals surface area contributed by atoms with E-state index in [1.165, 1.54) is 212 Å². The Balaban J connectivity index is 0.0000000990. The van der Waals surface area contributed by atoms with E-state index in [0.717, 1.165) is 0 Å². The molecule has 0 aromatic heterocycles. The fourth-order valence-electron chi connectivity index (χ4n) is 21.3. The summed E-state index contributed by atoms with van der Waals surface area (Å²) in [5.74, 6) is 0. The molecule has 0 saturated carbocycles. The number of anilines is 3. The highest BCUT2D eigenvalue weighted by Gasteiger charge is 2.52. The number of hydrogen-bond acceptors (Lipinski definition) is 1. The maximum atomic E-state index is 2.48. The molecule has 7 aliphatic rings. The molecule has 0 radical (unpaired) electrons. The second-order valence-corrected chi connectivity index (χ2v) is 36.7. The van der Waals surface area contributed by atoms with Gasteiger partial charge in [0.1, 0.15) is 0 Å². The van der Waals surface area contributed by atoms with E-state index in [0.29, 0.717) is 0 Å². The minimum absolute atomic E-state index is 0.00241. The van der Waals surface area contributed by atoms with E-state index in [1.807, 2.05) is 0 Å². The zero-order valence-corrected chi connectivity index (χ0v) is 70.9. The van der Waals surface area contributed by atoms with Crippen LogP contribution in [0.5, 0.6) is 0 Å². The van der Waals surface area contributed by atoms with Gasteiger partial charge in [-0.3, -0.25) is 0 Å². The minimum Gasteiger partial charge on any atom is -0.310 e. The molecule has 0 N–H and O–H groups in total. The van der Waals surface area contributed by atoms with Gasteiger partial charge >= 0.3 is 0 Å². The van der Waals surface area contributed by atoms with E-state index in [1.54, 1.807) is 0 Å². The van der Waals surface area contributed by atoms with E-state index in [9.17, 15) is 0 Å². The summed E-state index contributed by atoms with van der Waals surface area (Å²) < 4.78 is 0. The Morgan fingerprint density at radius 2 is 0.407 bits per heavy atom. The Hall–Kier alpha value is -12.7. The van der Waals surface area contributed by atoms with E-state index < -0.39 is 0 Å². The third-order valence-electron chi connectivity index (χ3n) is 27.5.